The normalized spacial score (nSPS) is 46.1. The molecule has 78 valence electrons. The second-order valence-corrected chi connectivity index (χ2v) is 5.88. The topological polar surface area (TPSA) is 37.3 Å². The van der Waals surface area contributed by atoms with Gasteiger partial charge in [-0.25, -0.2) is 0 Å². The number of carboxylic acid groups (broad SMARTS) is 1. The van der Waals surface area contributed by atoms with E-state index < -0.39 is 21.6 Å². The monoisotopic (exact) mass is 274 g/mol. The van der Waals surface area contributed by atoms with E-state index in [0.717, 1.165) is 0 Å². The lowest BCUT2D eigenvalue weighted by Crippen LogP contribution is -2.33. The van der Waals surface area contributed by atoms with Crippen LogP contribution in [0.15, 0.2) is 10.1 Å². The Hall–Kier alpha value is 0.370. The third-order valence-corrected chi connectivity index (χ3v) is 5.30. The molecule has 0 saturated heterocycles. The number of hydrogen-bond donors (Lipinski definition) is 1. The molecule has 14 heavy (non-hydrogen) atoms. The summed E-state index contributed by atoms with van der Waals surface area (Å²) < 4.78 is 0. The Morgan fingerprint density at radius 1 is 1.36 bits per heavy atom. The molecule has 2 aliphatic carbocycles. The van der Waals surface area contributed by atoms with Crippen molar-refractivity contribution < 1.29 is 9.90 Å². The van der Waals surface area contributed by atoms with Crippen molar-refractivity contribution in [2.45, 2.75) is 22.6 Å². The number of allylic oxidation sites excluding steroid dienone is 2. The predicted octanol–water partition coefficient (Wildman–Crippen LogP) is 3.14. The van der Waals surface area contributed by atoms with E-state index in [4.69, 9.17) is 51.5 Å². The van der Waals surface area contributed by atoms with Crippen LogP contribution in [0.4, 0.5) is 0 Å². The SMILES string of the molecule is O=C(O)[C@H]1C[C@]2(Cl)C[C@@]1(Cl)C(Cl)=C2Cl. The number of rotatable bonds is 1. The van der Waals surface area contributed by atoms with Crippen LogP contribution < -0.4 is 0 Å². The van der Waals surface area contributed by atoms with Gasteiger partial charge in [0.15, 0.2) is 0 Å². The van der Waals surface area contributed by atoms with Crippen molar-refractivity contribution in [3.63, 3.8) is 0 Å². The first kappa shape index (κ1) is 10.9. The number of carbonyl (C=O) groups is 1. The van der Waals surface area contributed by atoms with Crippen LogP contribution in [0.3, 0.4) is 0 Å². The fraction of sp³-hybridized carbons (Fsp3) is 0.625. The Kier molecular flexibility index (Phi) is 2.29. The fourth-order valence-electron chi connectivity index (χ4n) is 2.15. The molecule has 0 aromatic rings. The van der Waals surface area contributed by atoms with Crippen molar-refractivity contribution in [2.24, 2.45) is 5.92 Å². The molecular formula is C8H6Cl4O2. The second-order valence-electron chi connectivity index (χ2n) is 3.73. The molecule has 3 atom stereocenters. The minimum atomic E-state index is -1.10. The fourth-order valence-corrected chi connectivity index (χ4v) is 3.96. The minimum Gasteiger partial charge on any atom is -0.481 e. The molecule has 0 aliphatic heterocycles. The Bertz CT molecular complexity index is 353. The van der Waals surface area contributed by atoms with Crippen LogP contribution in [0, 0.1) is 5.92 Å². The highest BCUT2D eigenvalue weighted by molar-refractivity contribution is 6.51. The van der Waals surface area contributed by atoms with Crippen molar-refractivity contribution >= 4 is 52.4 Å². The zero-order valence-electron chi connectivity index (χ0n) is 6.86. The molecule has 0 unspecified atom stereocenters. The highest BCUT2D eigenvalue weighted by Crippen LogP contribution is 2.65. The average molecular weight is 276 g/mol. The van der Waals surface area contributed by atoms with Gasteiger partial charge in [-0.05, 0) is 12.8 Å². The molecule has 6 heteroatoms. The third-order valence-electron chi connectivity index (χ3n) is 2.87. The van der Waals surface area contributed by atoms with Crippen LogP contribution in [0.25, 0.3) is 0 Å². The lowest BCUT2D eigenvalue weighted by atomic mass is 9.92. The first-order valence-electron chi connectivity index (χ1n) is 3.98. The second kappa shape index (κ2) is 2.94. The number of hydrogen-bond acceptors (Lipinski definition) is 1. The number of halogens is 4. The first-order valence-corrected chi connectivity index (χ1v) is 5.49. The van der Waals surface area contributed by atoms with E-state index in [1.807, 2.05) is 0 Å². The van der Waals surface area contributed by atoms with Crippen molar-refractivity contribution in [3.05, 3.63) is 10.1 Å². The predicted molar refractivity (Wildman–Crippen MR) is 56.3 cm³/mol. The summed E-state index contributed by atoms with van der Waals surface area (Å²) in [7, 11) is 0. The van der Waals surface area contributed by atoms with Gasteiger partial charge in [-0.1, -0.05) is 23.2 Å². The third kappa shape index (κ3) is 1.15. The summed E-state index contributed by atoms with van der Waals surface area (Å²) in [5.74, 6) is -1.73. The van der Waals surface area contributed by atoms with Gasteiger partial charge in [-0.15, -0.1) is 23.2 Å². The maximum atomic E-state index is 10.9. The Balaban J connectivity index is 2.50. The maximum absolute atomic E-state index is 10.9. The summed E-state index contributed by atoms with van der Waals surface area (Å²) in [4.78, 5) is 8.95. The molecule has 1 fully saturated rings. The number of carboxylic acids is 1. The highest BCUT2D eigenvalue weighted by Gasteiger charge is 2.65. The molecule has 0 amide bonds. The van der Waals surface area contributed by atoms with E-state index in [-0.39, 0.29) is 17.9 Å². The van der Waals surface area contributed by atoms with Gasteiger partial charge in [0.1, 0.15) is 0 Å². The van der Waals surface area contributed by atoms with Crippen molar-refractivity contribution in [1.82, 2.24) is 0 Å². The summed E-state index contributed by atoms with van der Waals surface area (Å²) >= 11 is 24.1. The number of alkyl halides is 2. The highest BCUT2D eigenvalue weighted by atomic mass is 35.5. The molecule has 2 bridgehead atoms. The van der Waals surface area contributed by atoms with E-state index in [9.17, 15) is 4.79 Å². The van der Waals surface area contributed by atoms with Gasteiger partial charge >= 0.3 is 5.97 Å². The van der Waals surface area contributed by atoms with E-state index >= 15 is 0 Å². The smallest absolute Gasteiger partial charge is 0.308 e. The lowest BCUT2D eigenvalue weighted by Gasteiger charge is -2.26. The Morgan fingerprint density at radius 3 is 2.29 bits per heavy atom. The van der Waals surface area contributed by atoms with Gasteiger partial charge in [0.2, 0.25) is 0 Å². The molecule has 0 radical (unpaired) electrons. The van der Waals surface area contributed by atoms with Crippen molar-refractivity contribution in [2.75, 3.05) is 0 Å². The molecule has 2 nitrogen and oxygen atoms in total. The molecule has 2 rings (SSSR count). The quantitative estimate of drug-likeness (QED) is 0.747. The van der Waals surface area contributed by atoms with E-state index in [2.05, 4.69) is 0 Å². The largest absolute Gasteiger partial charge is 0.481 e. The summed E-state index contributed by atoms with van der Waals surface area (Å²) in [6.45, 7) is 0. The van der Waals surface area contributed by atoms with Crippen LogP contribution in [-0.2, 0) is 4.79 Å². The summed E-state index contributed by atoms with van der Waals surface area (Å²) in [6, 6.07) is 0. The number of aliphatic carboxylic acids is 1. The molecule has 2 aliphatic rings. The first-order chi connectivity index (χ1) is 6.31. The van der Waals surface area contributed by atoms with E-state index in [1.54, 1.807) is 0 Å². The minimum absolute atomic E-state index is 0.189. The van der Waals surface area contributed by atoms with Crippen LogP contribution in [-0.4, -0.2) is 20.8 Å². The van der Waals surface area contributed by atoms with Crippen molar-refractivity contribution in [3.8, 4) is 0 Å². The molecule has 0 spiro atoms. The van der Waals surface area contributed by atoms with Gasteiger partial charge in [-0.2, -0.15) is 0 Å². The molecule has 1 N–H and O–H groups in total. The van der Waals surface area contributed by atoms with Crippen LogP contribution >= 0.6 is 46.4 Å². The van der Waals surface area contributed by atoms with Gasteiger partial charge < -0.3 is 5.11 Å². The van der Waals surface area contributed by atoms with Crippen LogP contribution in [0.2, 0.25) is 0 Å². The molecule has 1 saturated carbocycles. The molecule has 0 heterocycles. The van der Waals surface area contributed by atoms with Crippen LogP contribution in [0.1, 0.15) is 12.8 Å². The summed E-state index contributed by atoms with van der Waals surface area (Å²) in [6.07, 6.45) is 0.528. The molecule has 0 aromatic carbocycles. The van der Waals surface area contributed by atoms with Gasteiger partial charge in [-0.3, -0.25) is 4.79 Å². The zero-order chi connectivity index (χ0) is 10.7. The standard InChI is InChI=1S/C8H6Cl4O2/c9-4-5(10)8(12)2-7(4,11)1-3(8)6(13)14/h3H,1-2H2,(H,13,14)/t3-,7+,8+/m1/s1. The molecule has 0 aromatic heterocycles. The summed E-state index contributed by atoms with van der Waals surface area (Å²) in [5, 5.41) is 9.44. The summed E-state index contributed by atoms with van der Waals surface area (Å²) in [5.41, 5.74) is 0. The van der Waals surface area contributed by atoms with E-state index in [0.29, 0.717) is 5.03 Å². The van der Waals surface area contributed by atoms with Crippen molar-refractivity contribution in [1.29, 1.82) is 0 Å². The molecular weight excluding hydrogens is 270 g/mol. The Morgan fingerprint density at radius 2 is 1.93 bits per heavy atom. The van der Waals surface area contributed by atoms with Gasteiger partial charge in [0, 0.05) is 0 Å². The lowest BCUT2D eigenvalue weighted by molar-refractivity contribution is -0.142. The van der Waals surface area contributed by atoms with Gasteiger partial charge in [0.25, 0.3) is 0 Å². The zero-order valence-corrected chi connectivity index (χ0v) is 9.88. The van der Waals surface area contributed by atoms with Gasteiger partial charge in [0.05, 0.1) is 25.7 Å². The maximum Gasteiger partial charge on any atom is 0.308 e. The number of fused-ring (bicyclic) bond motifs is 2. The van der Waals surface area contributed by atoms with Crippen LogP contribution in [0.5, 0.6) is 0 Å². The Labute approximate surface area is 101 Å². The van der Waals surface area contributed by atoms with E-state index in [1.165, 1.54) is 0 Å². The average Bonchev–Trinajstić information content (AvgIpc) is 2.44.